The van der Waals surface area contributed by atoms with Crippen LogP contribution in [0.25, 0.3) is 11.0 Å². The number of aromatic nitrogens is 2. The largest absolute Gasteiger partial charge is 0.349 e. The number of nitrogens with one attached hydrogen (secondary N) is 2. The minimum atomic E-state index is -0.943. The highest BCUT2D eigenvalue weighted by Gasteiger charge is 2.13. The maximum absolute atomic E-state index is 13.2. The van der Waals surface area contributed by atoms with Crippen molar-refractivity contribution >= 4 is 28.7 Å². The van der Waals surface area contributed by atoms with Crippen LogP contribution >= 0.6 is 11.8 Å². The van der Waals surface area contributed by atoms with Gasteiger partial charge in [0.15, 0.2) is 16.8 Å². The molecule has 1 aromatic heterocycles. The highest BCUT2D eigenvalue weighted by Crippen LogP contribution is 2.22. The van der Waals surface area contributed by atoms with E-state index in [9.17, 15) is 13.6 Å². The number of thioether (sulfide) groups is 1. The van der Waals surface area contributed by atoms with Crippen LogP contribution in [0.15, 0.2) is 41.6 Å². The normalized spacial score (nSPS) is 12.3. The number of hydrogen-bond acceptors (Lipinski definition) is 3. The number of nitrogens with zero attached hydrogens (tertiary/aromatic N) is 1. The average molecular weight is 375 g/mol. The third-order valence-corrected chi connectivity index (χ3v) is 4.98. The number of halogens is 2. The Morgan fingerprint density at radius 3 is 2.62 bits per heavy atom. The zero-order valence-electron chi connectivity index (χ0n) is 14.5. The molecule has 0 aliphatic rings. The minimum absolute atomic E-state index is 0.104. The third-order valence-electron chi connectivity index (χ3n) is 4.11. The van der Waals surface area contributed by atoms with Gasteiger partial charge >= 0.3 is 0 Å². The molecule has 0 bridgehead atoms. The molecule has 0 saturated carbocycles. The van der Waals surface area contributed by atoms with Crippen LogP contribution in [-0.2, 0) is 11.2 Å². The molecule has 0 aliphatic carbocycles. The van der Waals surface area contributed by atoms with Crippen molar-refractivity contribution in [3.8, 4) is 0 Å². The summed E-state index contributed by atoms with van der Waals surface area (Å²) in [7, 11) is 0. The molecule has 1 heterocycles. The molecule has 0 radical (unpaired) electrons. The van der Waals surface area contributed by atoms with Crippen LogP contribution in [0, 0.1) is 11.6 Å². The van der Waals surface area contributed by atoms with Crippen LogP contribution in [0.5, 0.6) is 0 Å². The Labute approximate surface area is 154 Å². The van der Waals surface area contributed by atoms with Crippen molar-refractivity contribution in [3.05, 3.63) is 59.2 Å². The van der Waals surface area contributed by atoms with Gasteiger partial charge in [-0.15, -0.1) is 0 Å². The number of H-pyrrole nitrogens is 1. The maximum Gasteiger partial charge on any atom is 0.230 e. The third kappa shape index (κ3) is 4.22. The smallest absolute Gasteiger partial charge is 0.230 e. The van der Waals surface area contributed by atoms with E-state index < -0.39 is 11.6 Å². The van der Waals surface area contributed by atoms with Gasteiger partial charge in [0.25, 0.3) is 0 Å². The number of carbonyl (C=O) groups is 1. The summed E-state index contributed by atoms with van der Waals surface area (Å²) in [5, 5.41) is 3.38. The molecule has 0 saturated heterocycles. The first-order chi connectivity index (χ1) is 12.5. The van der Waals surface area contributed by atoms with Gasteiger partial charge in [-0.1, -0.05) is 43.0 Å². The summed E-state index contributed by atoms with van der Waals surface area (Å²) >= 11 is 1.19. The van der Waals surface area contributed by atoms with Gasteiger partial charge in [0, 0.05) is 12.1 Å². The summed E-state index contributed by atoms with van der Waals surface area (Å²) < 4.78 is 26.5. The molecule has 3 aromatic rings. The first-order valence-corrected chi connectivity index (χ1v) is 9.30. The van der Waals surface area contributed by atoms with E-state index in [2.05, 4.69) is 34.3 Å². The zero-order valence-corrected chi connectivity index (χ0v) is 15.3. The first kappa shape index (κ1) is 18.4. The van der Waals surface area contributed by atoms with E-state index in [0.717, 1.165) is 24.1 Å². The lowest BCUT2D eigenvalue weighted by Gasteiger charge is -2.14. The van der Waals surface area contributed by atoms with Gasteiger partial charge in [0.05, 0.1) is 22.8 Å². The van der Waals surface area contributed by atoms with E-state index in [4.69, 9.17) is 0 Å². The van der Waals surface area contributed by atoms with Crippen molar-refractivity contribution < 1.29 is 13.6 Å². The summed E-state index contributed by atoms with van der Waals surface area (Å²) in [5.74, 6) is -1.86. The molecule has 0 fully saturated rings. The minimum Gasteiger partial charge on any atom is -0.349 e. The molecule has 2 aromatic carbocycles. The molecule has 136 valence electrons. The van der Waals surface area contributed by atoms with E-state index >= 15 is 0 Å². The first-order valence-electron chi connectivity index (χ1n) is 8.32. The molecular formula is C19H19F2N3OS. The van der Waals surface area contributed by atoms with Crippen molar-refractivity contribution in [2.75, 3.05) is 5.75 Å². The summed E-state index contributed by atoms with van der Waals surface area (Å²) in [5.41, 5.74) is 3.02. The zero-order chi connectivity index (χ0) is 18.7. The summed E-state index contributed by atoms with van der Waals surface area (Å²) in [6.07, 6.45) is 0.975. The number of amides is 1. The average Bonchev–Trinajstić information content (AvgIpc) is 3.02. The molecule has 7 heteroatoms. The number of hydrogen-bond donors (Lipinski definition) is 2. The van der Waals surface area contributed by atoms with Gasteiger partial charge in [-0.25, -0.2) is 13.8 Å². The van der Waals surface area contributed by atoms with Crippen molar-refractivity contribution in [2.24, 2.45) is 0 Å². The predicted octanol–water partition coefficient (Wildman–Crippen LogP) is 4.37. The van der Waals surface area contributed by atoms with E-state index in [1.165, 1.54) is 17.3 Å². The van der Waals surface area contributed by atoms with Gasteiger partial charge in [-0.3, -0.25) is 4.79 Å². The fraction of sp³-hybridized carbons (Fsp3) is 0.263. The summed E-state index contributed by atoms with van der Waals surface area (Å²) in [4.78, 5) is 19.2. The SMILES string of the molecule is CCc1ccc(C(C)NC(=O)CSc2nc3cc(F)c(F)cc3[nH]2)cc1. The molecule has 26 heavy (non-hydrogen) atoms. The quantitative estimate of drug-likeness (QED) is 0.629. The number of benzene rings is 2. The number of aryl methyl sites for hydroxylation is 1. The maximum atomic E-state index is 13.2. The fourth-order valence-corrected chi connectivity index (χ4v) is 3.29. The Balaban J connectivity index is 1.58. The number of carbonyl (C=O) groups excluding carboxylic acids is 1. The van der Waals surface area contributed by atoms with E-state index in [1.54, 1.807) is 0 Å². The standard InChI is InChI=1S/C19H19F2N3OS/c1-3-12-4-6-13(7-5-12)11(2)22-18(25)10-26-19-23-16-8-14(20)15(21)9-17(16)24-19/h4-9,11H,3,10H2,1-2H3,(H,22,25)(H,23,24). The van der Waals surface area contributed by atoms with Crippen molar-refractivity contribution in [1.29, 1.82) is 0 Å². The number of aromatic amines is 1. The van der Waals surface area contributed by atoms with Crippen molar-refractivity contribution in [1.82, 2.24) is 15.3 Å². The molecule has 4 nitrogen and oxygen atoms in total. The Bertz CT molecular complexity index is 885. The van der Waals surface area contributed by atoms with Crippen LogP contribution in [0.2, 0.25) is 0 Å². The number of fused-ring (bicyclic) bond motifs is 1. The Morgan fingerprint density at radius 1 is 1.23 bits per heavy atom. The van der Waals surface area contributed by atoms with Gasteiger partial charge in [-0.2, -0.15) is 0 Å². The van der Waals surface area contributed by atoms with Crippen LogP contribution in [-0.4, -0.2) is 21.6 Å². The van der Waals surface area contributed by atoms with E-state index in [0.29, 0.717) is 16.2 Å². The topological polar surface area (TPSA) is 57.8 Å². The predicted molar refractivity (Wildman–Crippen MR) is 99.1 cm³/mol. The summed E-state index contributed by atoms with van der Waals surface area (Å²) in [6, 6.07) is 10.1. The Hall–Kier alpha value is -2.41. The van der Waals surface area contributed by atoms with Crippen LogP contribution < -0.4 is 5.32 Å². The Kier molecular flexibility index (Phi) is 5.56. The molecule has 0 aliphatic heterocycles. The van der Waals surface area contributed by atoms with E-state index in [-0.39, 0.29) is 17.7 Å². The second-order valence-electron chi connectivity index (χ2n) is 6.00. The Morgan fingerprint density at radius 2 is 1.92 bits per heavy atom. The number of imidazole rings is 1. The van der Waals surface area contributed by atoms with E-state index in [1.807, 2.05) is 19.1 Å². The second kappa shape index (κ2) is 7.86. The number of rotatable bonds is 6. The van der Waals surface area contributed by atoms with Gasteiger partial charge in [0.2, 0.25) is 5.91 Å². The molecule has 1 unspecified atom stereocenters. The lowest BCUT2D eigenvalue weighted by Crippen LogP contribution is -2.28. The molecule has 0 spiro atoms. The molecule has 3 rings (SSSR count). The van der Waals surface area contributed by atoms with Gasteiger partial charge < -0.3 is 10.3 Å². The highest BCUT2D eigenvalue weighted by atomic mass is 32.2. The van der Waals surface area contributed by atoms with Gasteiger partial charge in [0.1, 0.15) is 0 Å². The van der Waals surface area contributed by atoms with Crippen molar-refractivity contribution in [3.63, 3.8) is 0 Å². The molecule has 2 N–H and O–H groups in total. The molecule has 1 atom stereocenters. The van der Waals surface area contributed by atoms with Crippen LogP contribution in [0.4, 0.5) is 8.78 Å². The van der Waals surface area contributed by atoms with Crippen LogP contribution in [0.3, 0.4) is 0 Å². The monoisotopic (exact) mass is 375 g/mol. The van der Waals surface area contributed by atoms with Crippen molar-refractivity contribution in [2.45, 2.75) is 31.5 Å². The molecule has 1 amide bonds. The fourth-order valence-electron chi connectivity index (χ4n) is 2.59. The lowest BCUT2D eigenvalue weighted by atomic mass is 10.1. The molecular weight excluding hydrogens is 356 g/mol. The second-order valence-corrected chi connectivity index (χ2v) is 6.96. The van der Waals surface area contributed by atoms with Gasteiger partial charge in [-0.05, 0) is 24.5 Å². The lowest BCUT2D eigenvalue weighted by molar-refractivity contribution is -0.119. The summed E-state index contributed by atoms with van der Waals surface area (Å²) in [6.45, 7) is 4.02. The highest BCUT2D eigenvalue weighted by molar-refractivity contribution is 7.99. The van der Waals surface area contributed by atoms with Crippen LogP contribution in [0.1, 0.15) is 31.0 Å².